The number of nitrogens with zero attached hydrogens (tertiary/aromatic N) is 2. The maximum atomic E-state index is 6.16. The SMILES string of the molecule is CCN(Cc1ccco1)C1(CN)CCN(C2CC2)C1. The summed E-state index contributed by atoms with van der Waals surface area (Å²) < 4.78 is 5.51. The van der Waals surface area contributed by atoms with Gasteiger partial charge in [-0.25, -0.2) is 0 Å². The van der Waals surface area contributed by atoms with Crippen LogP contribution in [-0.2, 0) is 6.54 Å². The van der Waals surface area contributed by atoms with E-state index in [9.17, 15) is 0 Å². The Balaban J connectivity index is 1.71. The molecule has 1 atom stereocenters. The number of furan rings is 1. The lowest BCUT2D eigenvalue weighted by atomic mass is 9.95. The highest BCUT2D eigenvalue weighted by molar-refractivity contribution is 5.06. The number of nitrogens with two attached hydrogens (primary N) is 1. The topological polar surface area (TPSA) is 45.6 Å². The van der Waals surface area contributed by atoms with Crippen LogP contribution in [-0.4, -0.2) is 47.6 Å². The molecule has 0 radical (unpaired) electrons. The average molecular weight is 263 g/mol. The fourth-order valence-corrected chi connectivity index (χ4v) is 3.40. The molecule has 1 aliphatic heterocycles. The summed E-state index contributed by atoms with van der Waals surface area (Å²) in [5, 5.41) is 0. The zero-order chi connectivity index (χ0) is 13.3. The highest BCUT2D eigenvalue weighted by Crippen LogP contribution is 2.36. The smallest absolute Gasteiger partial charge is 0.117 e. The molecule has 2 heterocycles. The van der Waals surface area contributed by atoms with Crippen LogP contribution in [0.3, 0.4) is 0 Å². The van der Waals surface area contributed by atoms with Gasteiger partial charge < -0.3 is 10.2 Å². The van der Waals surface area contributed by atoms with Crippen molar-refractivity contribution in [1.82, 2.24) is 9.80 Å². The molecule has 1 aliphatic carbocycles. The van der Waals surface area contributed by atoms with Crippen molar-refractivity contribution in [2.75, 3.05) is 26.2 Å². The molecule has 1 aromatic heterocycles. The van der Waals surface area contributed by atoms with Gasteiger partial charge in [-0.05, 0) is 37.9 Å². The van der Waals surface area contributed by atoms with Gasteiger partial charge >= 0.3 is 0 Å². The summed E-state index contributed by atoms with van der Waals surface area (Å²) in [6.45, 7) is 7.19. The molecule has 1 saturated heterocycles. The van der Waals surface area contributed by atoms with Crippen LogP contribution in [0, 0.1) is 0 Å². The Kier molecular flexibility index (Phi) is 3.65. The van der Waals surface area contributed by atoms with E-state index in [1.165, 1.54) is 25.8 Å². The molecule has 1 unspecified atom stereocenters. The van der Waals surface area contributed by atoms with Gasteiger partial charge in [0.2, 0.25) is 0 Å². The van der Waals surface area contributed by atoms with Crippen molar-refractivity contribution in [3.8, 4) is 0 Å². The number of rotatable bonds is 6. The molecule has 2 aliphatic rings. The number of likely N-dealkylation sites (tertiary alicyclic amines) is 1. The van der Waals surface area contributed by atoms with E-state index >= 15 is 0 Å². The number of hydrogen-bond donors (Lipinski definition) is 1. The summed E-state index contributed by atoms with van der Waals surface area (Å²) in [6.07, 6.45) is 5.70. The van der Waals surface area contributed by atoms with Crippen LogP contribution in [0.4, 0.5) is 0 Å². The molecule has 1 saturated carbocycles. The van der Waals surface area contributed by atoms with Gasteiger partial charge in [-0.15, -0.1) is 0 Å². The highest BCUT2D eigenvalue weighted by Gasteiger charge is 2.45. The normalized spacial score (nSPS) is 28.4. The van der Waals surface area contributed by atoms with Crippen molar-refractivity contribution in [3.63, 3.8) is 0 Å². The van der Waals surface area contributed by atoms with Crippen LogP contribution in [0.15, 0.2) is 22.8 Å². The van der Waals surface area contributed by atoms with E-state index in [0.29, 0.717) is 0 Å². The fourth-order valence-electron chi connectivity index (χ4n) is 3.40. The lowest BCUT2D eigenvalue weighted by Crippen LogP contribution is -2.55. The molecule has 2 fully saturated rings. The predicted octanol–water partition coefficient (Wildman–Crippen LogP) is 1.67. The van der Waals surface area contributed by atoms with Gasteiger partial charge in [0.15, 0.2) is 0 Å². The summed E-state index contributed by atoms with van der Waals surface area (Å²) in [4.78, 5) is 5.14. The lowest BCUT2D eigenvalue weighted by Gasteiger charge is -2.39. The molecular weight excluding hydrogens is 238 g/mol. The van der Waals surface area contributed by atoms with Crippen molar-refractivity contribution >= 4 is 0 Å². The minimum atomic E-state index is 0.143. The highest BCUT2D eigenvalue weighted by atomic mass is 16.3. The molecule has 0 bridgehead atoms. The van der Waals surface area contributed by atoms with Crippen LogP contribution < -0.4 is 5.73 Å². The third-order valence-electron chi connectivity index (χ3n) is 4.78. The average Bonchev–Trinajstić information content (AvgIpc) is 3.00. The molecule has 19 heavy (non-hydrogen) atoms. The largest absolute Gasteiger partial charge is 0.468 e. The second-order valence-corrected chi connectivity index (χ2v) is 5.97. The third kappa shape index (κ3) is 2.57. The first-order valence-electron chi connectivity index (χ1n) is 7.49. The second kappa shape index (κ2) is 5.27. The van der Waals surface area contributed by atoms with Gasteiger partial charge in [0.25, 0.3) is 0 Å². The quantitative estimate of drug-likeness (QED) is 0.848. The first kappa shape index (κ1) is 13.2. The van der Waals surface area contributed by atoms with Crippen molar-refractivity contribution < 1.29 is 4.42 Å². The van der Waals surface area contributed by atoms with Crippen LogP contribution in [0.5, 0.6) is 0 Å². The van der Waals surface area contributed by atoms with Crippen molar-refractivity contribution in [2.24, 2.45) is 5.73 Å². The Hall–Kier alpha value is -0.840. The molecule has 0 aromatic carbocycles. The monoisotopic (exact) mass is 263 g/mol. The van der Waals surface area contributed by atoms with Crippen molar-refractivity contribution in [1.29, 1.82) is 0 Å². The molecule has 2 N–H and O–H groups in total. The minimum absolute atomic E-state index is 0.143. The van der Waals surface area contributed by atoms with Gasteiger partial charge in [0.1, 0.15) is 5.76 Å². The molecule has 1 aromatic rings. The summed E-state index contributed by atoms with van der Waals surface area (Å²) in [5.41, 5.74) is 6.30. The Morgan fingerprint density at radius 2 is 2.37 bits per heavy atom. The van der Waals surface area contributed by atoms with E-state index in [0.717, 1.165) is 38.0 Å². The fraction of sp³-hybridized carbons (Fsp3) is 0.733. The van der Waals surface area contributed by atoms with Gasteiger partial charge in [-0.3, -0.25) is 9.80 Å². The summed E-state index contributed by atoms with van der Waals surface area (Å²) in [5.74, 6) is 1.04. The number of likely N-dealkylation sites (N-methyl/N-ethyl adjacent to an activating group) is 1. The van der Waals surface area contributed by atoms with Gasteiger partial charge in [0, 0.05) is 31.2 Å². The van der Waals surface area contributed by atoms with Crippen LogP contribution >= 0.6 is 0 Å². The van der Waals surface area contributed by atoms with E-state index in [1.54, 1.807) is 6.26 Å². The third-order valence-corrected chi connectivity index (χ3v) is 4.78. The summed E-state index contributed by atoms with van der Waals surface area (Å²) in [6, 6.07) is 4.86. The molecule has 0 spiro atoms. The van der Waals surface area contributed by atoms with Gasteiger partial charge in [-0.1, -0.05) is 6.92 Å². The van der Waals surface area contributed by atoms with Gasteiger partial charge in [-0.2, -0.15) is 0 Å². The minimum Gasteiger partial charge on any atom is -0.468 e. The van der Waals surface area contributed by atoms with Crippen molar-refractivity contribution in [2.45, 2.75) is 44.3 Å². The lowest BCUT2D eigenvalue weighted by molar-refractivity contribution is 0.0878. The van der Waals surface area contributed by atoms with Crippen LogP contribution in [0.1, 0.15) is 31.9 Å². The summed E-state index contributed by atoms with van der Waals surface area (Å²) in [7, 11) is 0. The van der Waals surface area contributed by atoms with E-state index in [4.69, 9.17) is 10.2 Å². The Labute approximate surface area is 115 Å². The molecule has 106 valence electrons. The van der Waals surface area contributed by atoms with Crippen LogP contribution in [0.2, 0.25) is 0 Å². The standard InChI is InChI=1S/C15H25N3O/c1-2-18(10-14-4-3-9-19-14)15(11-16)7-8-17(12-15)13-5-6-13/h3-4,9,13H,2,5-8,10-12,16H2,1H3. The Bertz CT molecular complexity index is 402. The molecular formula is C15H25N3O. The Morgan fingerprint density at radius 1 is 1.53 bits per heavy atom. The molecule has 3 rings (SSSR count). The zero-order valence-electron chi connectivity index (χ0n) is 11.8. The first-order chi connectivity index (χ1) is 9.27. The first-order valence-corrected chi connectivity index (χ1v) is 7.49. The van der Waals surface area contributed by atoms with E-state index in [1.807, 2.05) is 6.07 Å². The second-order valence-electron chi connectivity index (χ2n) is 5.97. The Morgan fingerprint density at radius 3 is 2.95 bits per heavy atom. The van der Waals surface area contributed by atoms with Gasteiger partial charge in [0.05, 0.1) is 12.8 Å². The number of hydrogen-bond acceptors (Lipinski definition) is 4. The molecule has 4 nitrogen and oxygen atoms in total. The van der Waals surface area contributed by atoms with Crippen LogP contribution in [0.25, 0.3) is 0 Å². The van der Waals surface area contributed by atoms with E-state index in [2.05, 4.69) is 22.8 Å². The van der Waals surface area contributed by atoms with E-state index in [-0.39, 0.29) is 5.54 Å². The molecule has 0 amide bonds. The molecule has 4 heteroatoms. The maximum Gasteiger partial charge on any atom is 0.117 e. The predicted molar refractivity (Wildman–Crippen MR) is 75.8 cm³/mol. The van der Waals surface area contributed by atoms with E-state index < -0.39 is 0 Å². The zero-order valence-corrected chi connectivity index (χ0v) is 11.8. The maximum absolute atomic E-state index is 6.16. The van der Waals surface area contributed by atoms with Crippen molar-refractivity contribution in [3.05, 3.63) is 24.2 Å². The summed E-state index contributed by atoms with van der Waals surface area (Å²) >= 11 is 0.